The van der Waals surface area contributed by atoms with E-state index in [2.05, 4.69) is 5.10 Å². The van der Waals surface area contributed by atoms with Gasteiger partial charge in [-0.2, -0.15) is 18.3 Å². The lowest BCUT2D eigenvalue weighted by molar-refractivity contribution is -0.0600. The summed E-state index contributed by atoms with van der Waals surface area (Å²) in [7, 11) is 0. The molecule has 1 aromatic rings. The predicted molar refractivity (Wildman–Crippen MR) is 56.4 cm³/mol. The van der Waals surface area contributed by atoms with E-state index in [0.717, 1.165) is 5.01 Å². The average molecular weight is 246 g/mol. The van der Waals surface area contributed by atoms with Gasteiger partial charge in [-0.15, -0.1) is 0 Å². The van der Waals surface area contributed by atoms with Gasteiger partial charge in [-0.1, -0.05) is 12.1 Å². The van der Waals surface area contributed by atoms with E-state index in [9.17, 15) is 17.6 Å². The molecule has 2 nitrogen and oxygen atoms in total. The molecule has 0 amide bonds. The number of para-hydroxylation sites is 1. The number of halogens is 4. The summed E-state index contributed by atoms with van der Waals surface area (Å²) in [6, 6.07) is 5.15. The monoisotopic (exact) mass is 246 g/mol. The lowest BCUT2D eigenvalue weighted by Crippen LogP contribution is -2.24. The van der Waals surface area contributed by atoms with Crippen molar-refractivity contribution in [3.8, 4) is 0 Å². The highest BCUT2D eigenvalue weighted by Gasteiger charge is 2.42. The highest BCUT2D eigenvalue weighted by Crippen LogP contribution is 2.31. The summed E-state index contributed by atoms with van der Waals surface area (Å²) in [5, 5.41) is 4.54. The maximum Gasteiger partial charge on any atom is 0.431 e. The number of hydrazone groups is 1. The van der Waals surface area contributed by atoms with E-state index >= 15 is 0 Å². The summed E-state index contributed by atoms with van der Waals surface area (Å²) < 4.78 is 50.9. The third-order valence-corrected chi connectivity index (χ3v) is 2.56. The second kappa shape index (κ2) is 4.01. The molecule has 1 atom stereocenters. The summed E-state index contributed by atoms with van der Waals surface area (Å²) in [6.45, 7) is 1.58. The van der Waals surface area contributed by atoms with Crippen LogP contribution in [0.25, 0.3) is 0 Å². The molecule has 6 heteroatoms. The van der Waals surface area contributed by atoms with Crippen LogP contribution in [0.5, 0.6) is 0 Å². The fourth-order valence-electron chi connectivity index (χ4n) is 1.74. The Hall–Kier alpha value is -1.59. The first-order chi connectivity index (χ1) is 7.89. The van der Waals surface area contributed by atoms with Crippen molar-refractivity contribution < 1.29 is 17.6 Å². The fraction of sp³-hybridized carbons (Fsp3) is 0.364. The largest absolute Gasteiger partial charge is 0.431 e. The van der Waals surface area contributed by atoms with E-state index in [0.29, 0.717) is 0 Å². The Balaban J connectivity index is 2.35. The van der Waals surface area contributed by atoms with Crippen molar-refractivity contribution in [2.24, 2.45) is 5.10 Å². The first kappa shape index (κ1) is 11.9. The minimum Gasteiger partial charge on any atom is -0.259 e. The Bertz CT molecular complexity index is 453. The summed E-state index contributed by atoms with van der Waals surface area (Å²) in [4.78, 5) is 0. The molecule has 0 saturated carbocycles. The van der Waals surface area contributed by atoms with Gasteiger partial charge in [0.1, 0.15) is 11.5 Å². The van der Waals surface area contributed by atoms with Crippen LogP contribution in [0.15, 0.2) is 29.4 Å². The van der Waals surface area contributed by atoms with Gasteiger partial charge in [0.15, 0.2) is 0 Å². The van der Waals surface area contributed by atoms with Gasteiger partial charge in [-0.25, -0.2) is 4.39 Å². The summed E-state index contributed by atoms with van der Waals surface area (Å²) in [5.41, 5.74) is -0.799. The maximum absolute atomic E-state index is 13.4. The minimum absolute atomic E-state index is 0.0688. The number of benzene rings is 1. The fourth-order valence-corrected chi connectivity index (χ4v) is 1.74. The van der Waals surface area contributed by atoms with Gasteiger partial charge in [0, 0.05) is 6.42 Å². The third kappa shape index (κ3) is 2.25. The van der Waals surface area contributed by atoms with Crippen LogP contribution in [0.4, 0.5) is 23.2 Å². The molecule has 1 heterocycles. The lowest BCUT2D eigenvalue weighted by Gasteiger charge is -2.20. The summed E-state index contributed by atoms with van der Waals surface area (Å²) in [6.07, 6.45) is -4.67. The van der Waals surface area contributed by atoms with Crippen LogP contribution in [0, 0.1) is 5.82 Å². The number of anilines is 1. The quantitative estimate of drug-likeness (QED) is 0.694. The Morgan fingerprint density at radius 3 is 2.47 bits per heavy atom. The number of rotatable bonds is 1. The predicted octanol–water partition coefficient (Wildman–Crippen LogP) is 3.34. The topological polar surface area (TPSA) is 15.6 Å². The van der Waals surface area contributed by atoms with Gasteiger partial charge in [0.25, 0.3) is 0 Å². The van der Waals surface area contributed by atoms with Crippen LogP contribution in [0.1, 0.15) is 13.3 Å². The van der Waals surface area contributed by atoms with Crippen LogP contribution >= 0.6 is 0 Å². The first-order valence-corrected chi connectivity index (χ1v) is 5.08. The molecule has 0 bridgehead atoms. The molecule has 1 aromatic carbocycles. The van der Waals surface area contributed by atoms with Crippen molar-refractivity contribution in [1.29, 1.82) is 0 Å². The van der Waals surface area contributed by atoms with E-state index in [4.69, 9.17) is 0 Å². The maximum atomic E-state index is 13.4. The molecule has 92 valence electrons. The van der Waals surface area contributed by atoms with Crippen LogP contribution in [-0.2, 0) is 0 Å². The normalized spacial score (nSPS) is 20.6. The SMILES string of the molecule is CC1CC(C(F)(F)F)=NN1c1ccccc1F. The van der Waals surface area contributed by atoms with Crippen LogP contribution < -0.4 is 5.01 Å². The highest BCUT2D eigenvalue weighted by molar-refractivity contribution is 5.93. The van der Waals surface area contributed by atoms with Crippen molar-refractivity contribution in [1.82, 2.24) is 0 Å². The smallest absolute Gasteiger partial charge is 0.259 e. The third-order valence-electron chi connectivity index (χ3n) is 2.56. The highest BCUT2D eigenvalue weighted by atomic mass is 19.4. The van der Waals surface area contributed by atoms with Crippen molar-refractivity contribution in [3.63, 3.8) is 0 Å². The molecular formula is C11H10F4N2. The van der Waals surface area contributed by atoms with Crippen molar-refractivity contribution >= 4 is 11.4 Å². The zero-order chi connectivity index (χ0) is 12.6. The minimum atomic E-state index is -4.45. The first-order valence-electron chi connectivity index (χ1n) is 5.08. The number of hydrogen-bond acceptors (Lipinski definition) is 2. The molecule has 2 rings (SSSR count). The van der Waals surface area contributed by atoms with E-state index in [1.165, 1.54) is 18.2 Å². The van der Waals surface area contributed by atoms with Crippen LogP contribution in [0.3, 0.4) is 0 Å². The molecular weight excluding hydrogens is 236 g/mol. The lowest BCUT2D eigenvalue weighted by atomic mass is 10.1. The van der Waals surface area contributed by atoms with Gasteiger partial charge in [0.05, 0.1) is 11.7 Å². The van der Waals surface area contributed by atoms with E-state index in [1.807, 2.05) is 0 Å². The Morgan fingerprint density at radius 1 is 1.29 bits per heavy atom. The second-order valence-corrected chi connectivity index (χ2v) is 3.89. The zero-order valence-corrected chi connectivity index (χ0v) is 9.00. The molecule has 1 unspecified atom stereocenters. The zero-order valence-electron chi connectivity index (χ0n) is 9.00. The molecule has 0 radical (unpaired) electrons. The molecule has 1 aliphatic rings. The Morgan fingerprint density at radius 2 is 1.94 bits per heavy atom. The Kier molecular flexibility index (Phi) is 2.81. The van der Waals surface area contributed by atoms with Gasteiger partial charge < -0.3 is 0 Å². The van der Waals surface area contributed by atoms with Crippen molar-refractivity contribution in [3.05, 3.63) is 30.1 Å². The van der Waals surface area contributed by atoms with E-state index in [-0.39, 0.29) is 12.1 Å². The van der Waals surface area contributed by atoms with E-state index in [1.54, 1.807) is 13.0 Å². The molecule has 0 aromatic heterocycles. The number of alkyl halides is 3. The molecule has 0 saturated heterocycles. The number of hydrogen-bond donors (Lipinski definition) is 0. The Labute approximate surface area is 95.5 Å². The molecule has 0 N–H and O–H groups in total. The number of nitrogens with zero attached hydrogens (tertiary/aromatic N) is 2. The standard InChI is InChI=1S/C11H10F4N2/c1-7-6-10(11(13,14)15)16-17(7)9-5-3-2-4-8(9)12/h2-5,7H,6H2,1H3. The van der Waals surface area contributed by atoms with Crippen LogP contribution in [-0.4, -0.2) is 17.9 Å². The molecule has 0 spiro atoms. The van der Waals surface area contributed by atoms with Crippen molar-refractivity contribution in [2.45, 2.75) is 25.6 Å². The van der Waals surface area contributed by atoms with Crippen LogP contribution in [0.2, 0.25) is 0 Å². The van der Waals surface area contributed by atoms with Gasteiger partial charge in [0.2, 0.25) is 0 Å². The van der Waals surface area contributed by atoms with Gasteiger partial charge >= 0.3 is 6.18 Å². The molecule has 0 aliphatic carbocycles. The molecule has 0 fully saturated rings. The van der Waals surface area contributed by atoms with Gasteiger partial charge in [-0.05, 0) is 19.1 Å². The summed E-state index contributed by atoms with van der Waals surface area (Å²) in [5.74, 6) is -0.577. The molecule has 17 heavy (non-hydrogen) atoms. The van der Waals surface area contributed by atoms with Gasteiger partial charge in [-0.3, -0.25) is 5.01 Å². The second-order valence-electron chi connectivity index (χ2n) is 3.89. The molecule has 1 aliphatic heterocycles. The average Bonchev–Trinajstić information content (AvgIpc) is 2.61. The van der Waals surface area contributed by atoms with Crippen molar-refractivity contribution in [2.75, 3.05) is 5.01 Å². The summed E-state index contributed by atoms with van der Waals surface area (Å²) >= 11 is 0. The van der Waals surface area contributed by atoms with E-state index < -0.39 is 23.7 Å².